The molecule has 110 valence electrons. The summed E-state index contributed by atoms with van der Waals surface area (Å²) in [4.78, 5) is 28.1. The molecule has 1 amide bonds. The first kappa shape index (κ1) is 15.4. The zero-order valence-corrected chi connectivity index (χ0v) is 13.5. The summed E-state index contributed by atoms with van der Waals surface area (Å²) >= 11 is 2.11. The second-order valence-corrected chi connectivity index (χ2v) is 5.24. The molecule has 1 N–H and O–H groups in total. The lowest BCUT2D eigenvalue weighted by Gasteiger charge is -2.04. The van der Waals surface area contributed by atoms with Crippen LogP contribution in [0.2, 0.25) is 0 Å². The van der Waals surface area contributed by atoms with E-state index < -0.39 is 11.9 Å². The normalized spacial score (nSPS) is 10.2. The van der Waals surface area contributed by atoms with Crippen molar-refractivity contribution in [2.24, 2.45) is 0 Å². The molecule has 0 saturated carbocycles. The fraction of sp³-hybridized carbons (Fsp3) is 0.231. The predicted molar refractivity (Wildman–Crippen MR) is 82.1 cm³/mol. The fourth-order valence-electron chi connectivity index (χ4n) is 1.61. The lowest BCUT2D eigenvalue weighted by atomic mass is 10.2. The molecule has 0 unspecified atom stereocenters. The Morgan fingerprint density at radius 1 is 1.43 bits per heavy atom. The Balaban J connectivity index is 2.24. The van der Waals surface area contributed by atoms with Gasteiger partial charge in [-0.15, -0.1) is 0 Å². The van der Waals surface area contributed by atoms with Gasteiger partial charge < -0.3 is 14.6 Å². The molecule has 2 rings (SSSR count). The first-order valence-electron chi connectivity index (χ1n) is 6.09. The van der Waals surface area contributed by atoms with Crippen LogP contribution in [0.1, 0.15) is 33.5 Å². The van der Waals surface area contributed by atoms with E-state index in [0.29, 0.717) is 5.82 Å². The Labute approximate surface area is 134 Å². The Hall–Kier alpha value is -1.97. The summed E-state index contributed by atoms with van der Waals surface area (Å²) in [6.07, 6.45) is 1.61. The summed E-state index contributed by atoms with van der Waals surface area (Å²) in [5, 5.41) is 6.17. The van der Waals surface area contributed by atoms with E-state index in [9.17, 15) is 9.59 Å². The minimum absolute atomic E-state index is 0.0498. The maximum atomic E-state index is 12.2. The summed E-state index contributed by atoms with van der Waals surface area (Å²) in [6, 6.07) is 3.46. The van der Waals surface area contributed by atoms with Crippen molar-refractivity contribution in [3.8, 4) is 0 Å². The quantitative estimate of drug-likeness (QED) is 0.625. The smallest absolute Gasteiger partial charge is 0.361 e. The number of carbonyl (C=O) groups excluding carboxylic acids is 2. The van der Waals surface area contributed by atoms with Crippen LogP contribution in [0.5, 0.6) is 0 Å². The lowest BCUT2D eigenvalue weighted by molar-refractivity contribution is 0.0512. The maximum Gasteiger partial charge on any atom is 0.361 e. The molecule has 0 aliphatic carbocycles. The van der Waals surface area contributed by atoms with Crippen LogP contribution >= 0.6 is 22.6 Å². The lowest BCUT2D eigenvalue weighted by Crippen LogP contribution is -2.18. The highest BCUT2D eigenvalue weighted by atomic mass is 127. The molecule has 2 heterocycles. The number of anilines is 1. The molecule has 2 aromatic heterocycles. The number of pyridine rings is 1. The van der Waals surface area contributed by atoms with Crippen molar-refractivity contribution < 1.29 is 18.8 Å². The van der Waals surface area contributed by atoms with Gasteiger partial charge in [0.15, 0.2) is 0 Å². The molecule has 0 fully saturated rings. The highest BCUT2D eigenvalue weighted by Gasteiger charge is 2.26. The molecule has 21 heavy (non-hydrogen) atoms. The standard InChI is InChI=1S/C13H12IN3O4/c1-3-20-13(19)11-10(7(2)21-17-11)12(18)16-9-5-4-8(14)6-15-9/h4-6H,3H2,1-2H3,(H,15,16,18). The number of aromatic nitrogens is 2. The molecule has 0 radical (unpaired) electrons. The van der Waals surface area contributed by atoms with Crippen LogP contribution in [0.25, 0.3) is 0 Å². The minimum Gasteiger partial charge on any atom is -0.461 e. The number of ether oxygens (including phenoxy) is 1. The molecule has 0 atom stereocenters. The van der Waals surface area contributed by atoms with E-state index in [2.05, 4.69) is 38.0 Å². The first-order chi connectivity index (χ1) is 10.0. The number of nitrogens with one attached hydrogen (secondary N) is 1. The van der Waals surface area contributed by atoms with E-state index >= 15 is 0 Å². The number of hydrogen-bond acceptors (Lipinski definition) is 6. The number of rotatable bonds is 4. The van der Waals surface area contributed by atoms with Crippen LogP contribution in [0, 0.1) is 10.5 Å². The van der Waals surface area contributed by atoms with Gasteiger partial charge in [-0.2, -0.15) is 0 Å². The van der Waals surface area contributed by atoms with Gasteiger partial charge in [-0.3, -0.25) is 4.79 Å². The average Bonchev–Trinajstić information content (AvgIpc) is 2.83. The first-order valence-corrected chi connectivity index (χ1v) is 7.17. The second-order valence-electron chi connectivity index (χ2n) is 4.00. The number of hydrogen-bond donors (Lipinski definition) is 1. The molecule has 0 aromatic carbocycles. The van der Waals surface area contributed by atoms with Crippen molar-refractivity contribution in [1.29, 1.82) is 0 Å². The molecule has 8 heteroatoms. The Kier molecular flexibility index (Phi) is 4.89. The van der Waals surface area contributed by atoms with Gasteiger partial charge in [0.05, 0.1) is 6.61 Å². The number of nitrogens with zero attached hydrogens (tertiary/aromatic N) is 2. The van der Waals surface area contributed by atoms with Crippen LogP contribution in [-0.2, 0) is 4.74 Å². The van der Waals surface area contributed by atoms with Crippen molar-refractivity contribution in [2.45, 2.75) is 13.8 Å². The zero-order chi connectivity index (χ0) is 15.4. The molecule has 0 aliphatic heterocycles. The Bertz CT molecular complexity index is 667. The van der Waals surface area contributed by atoms with Gasteiger partial charge in [-0.05, 0) is 48.6 Å². The SMILES string of the molecule is CCOC(=O)c1noc(C)c1C(=O)Nc1ccc(I)cn1. The van der Waals surface area contributed by atoms with Crippen molar-refractivity contribution >= 4 is 40.3 Å². The van der Waals surface area contributed by atoms with Gasteiger partial charge in [0, 0.05) is 9.77 Å². The Morgan fingerprint density at radius 2 is 2.19 bits per heavy atom. The number of esters is 1. The third-order valence-electron chi connectivity index (χ3n) is 2.53. The van der Waals surface area contributed by atoms with Gasteiger partial charge >= 0.3 is 5.97 Å². The van der Waals surface area contributed by atoms with E-state index in [4.69, 9.17) is 9.26 Å². The summed E-state index contributed by atoms with van der Waals surface area (Å²) in [5.41, 5.74) is -0.0915. The van der Waals surface area contributed by atoms with E-state index in [1.165, 1.54) is 0 Å². The molecule has 0 aliphatic rings. The van der Waals surface area contributed by atoms with Crippen molar-refractivity contribution in [3.63, 3.8) is 0 Å². The summed E-state index contributed by atoms with van der Waals surface area (Å²) in [6.45, 7) is 3.40. The Morgan fingerprint density at radius 3 is 2.81 bits per heavy atom. The zero-order valence-electron chi connectivity index (χ0n) is 11.3. The van der Waals surface area contributed by atoms with E-state index in [1.807, 2.05) is 0 Å². The summed E-state index contributed by atoms with van der Waals surface area (Å²) in [7, 11) is 0. The van der Waals surface area contributed by atoms with E-state index in [-0.39, 0.29) is 23.6 Å². The van der Waals surface area contributed by atoms with E-state index in [1.54, 1.807) is 32.2 Å². The van der Waals surface area contributed by atoms with E-state index in [0.717, 1.165) is 3.57 Å². The number of carbonyl (C=O) groups is 2. The molecule has 0 saturated heterocycles. The molecule has 0 spiro atoms. The largest absolute Gasteiger partial charge is 0.461 e. The highest BCUT2D eigenvalue weighted by molar-refractivity contribution is 14.1. The van der Waals surface area contributed by atoms with Crippen LogP contribution < -0.4 is 5.32 Å². The van der Waals surface area contributed by atoms with Crippen molar-refractivity contribution in [2.75, 3.05) is 11.9 Å². The van der Waals surface area contributed by atoms with Gasteiger partial charge in [0.1, 0.15) is 17.1 Å². The predicted octanol–water partition coefficient (Wildman–Crippen LogP) is 2.41. The number of aryl methyl sites for hydroxylation is 1. The maximum absolute atomic E-state index is 12.2. The summed E-state index contributed by atoms with van der Waals surface area (Å²) < 4.78 is 10.7. The van der Waals surface area contributed by atoms with Crippen LogP contribution in [0.3, 0.4) is 0 Å². The van der Waals surface area contributed by atoms with Gasteiger partial charge in [0.25, 0.3) is 5.91 Å². The van der Waals surface area contributed by atoms with Crippen molar-refractivity contribution in [1.82, 2.24) is 10.1 Å². The second kappa shape index (κ2) is 6.66. The fourth-order valence-corrected chi connectivity index (χ4v) is 1.93. The topological polar surface area (TPSA) is 94.3 Å². The average molecular weight is 401 g/mol. The van der Waals surface area contributed by atoms with Crippen molar-refractivity contribution in [3.05, 3.63) is 38.9 Å². The van der Waals surface area contributed by atoms with Crippen LogP contribution in [0.4, 0.5) is 5.82 Å². The van der Waals surface area contributed by atoms with Gasteiger partial charge in [-0.1, -0.05) is 5.16 Å². The van der Waals surface area contributed by atoms with Crippen LogP contribution in [0.15, 0.2) is 22.9 Å². The summed E-state index contributed by atoms with van der Waals surface area (Å²) in [5.74, 6) is -0.613. The minimum atomic E-state index is -0.699. The third-order valence-corrected chi connectivity index (χ3v) is 3.17. The highest BCUT2D eigenvalue weighted by Crippen LogP contribution is 2.17. The van der Waals surface area contributed by atoms with Crippen LogP contribution in [-0.4, -0.2) is 28.6 Å². The number of amides is 1. The number of halogens is 1. The van der Waals surface area contributed by atoms with Gasteiger partial charge in [0.2, 0.25) is 5.69 Å². The molecule has 7 nitrogen and oxygen atoms in total. The van der Waals surface area contributed by atoms with Gasteiger partial charge in [-0.25, -0.2) is 9.78 Å². The molecule has 0 bridgehead atoms. The third kappa shape index (κ3) is 3.57. The monoisotopic (exact) mass is 401 g/mol. The molecule has 2 aromatic rings. The molecular formula is C13H12IN3O4. The molecular weight excluding hydrogens is 389 g/mol.